The summed E-state index contributed by atoms with van der Waals surface area (Å²) in [5.41, 5.74) is 10.4. The fourth-order valence-electron chi connectivity index (χ4n) is 3.61. The van der Waals surface area contributed by atoms with Gasteiger partial charge >= 0.3 is 6.03 Å². The number of hydrogen-bond donors (Lipinski definition) is 3. The van der Waals surface area contributed by atoms with Crippen LogP contribution in [0.1, 0.15) is 84.1 Å². The molecule has 0 aliphatic carbocycles. The van der Waals surface area contributed by atoms with Crippen LogP contribution in [0.5, 0.6) is 0 Å². The lowest BCUT2D eigenvalue weighted by atomic mass is 9.92. The summed E-state index contributed by atoms with van der Waals surface area (Å²) in [7, 11) is 0. The highest BCUT2D eigenvalue weighted by atomic mass is 16.5. The molecule has 4 N–H and O–H groups in total. The number of aliphatic imine (C=N–C) groups is 1. The van der Waals surface area contributed by atoms with Crippen LogP contribution in [0.2, 0.25) is 0 Å². The van der Waals surface area contributed by atoms with E-state index in [4.69, 9.17) is 15.2 Å². The zero-order valence-corrected chi connectivity index (χ0v) is 27.5. The minimum atomic E-state index is -0.521. The summed E-state index contributed by atoms with van der Waals surface area (Å²) < 4.78 is 9.76. The predicted molar refractivity (Wildman–Crippen MR) is 190 cm³/mol. The van der Waals surface area contributed by atoms with Crippen LogP contribution >= 0.6 is 0 Å². The number of amides is 2. The Bertz CT molecular complexity index is 1260. The highest BCUT2D eigenvalue weighted by Crippen LogP contribution is 2.26. The summed E-state index contributed by atoms with van der Waals surface area (Å²) in [6.45, 7) is 28.8. The van der Waals surface area contributed by atoms with E-state index in [1.807, 2.05) is 84.0 Å². The normalized spacial score (nSPS) is 10.0. The first kappa shape index (κ1) is 42.7. The zero-order valence-electron chi connectivity index (χ0n) is 27.5. The molecular weight excluding hydrogens is 564 g/mol. The van der Waals surface area contributed by atoms with E-state index in [9.17, 15) is 9.59 Å². The maximum atomic E-state index is 12.0. The molecule has 0 fully saturated rings. The monoisotopic (exact) mass is 620 g/mol. The number of carbonyl (C=O) groups excluding carboxylic acids is 2. The molecule has 2 amide bonds. The molecule has 248 valence electrons. The third-order valence-corrected chi connectivity index (χ3v) is 6.32. The van der Waals surface area contributed by atoms with Crippen molar-refractivity contribution in [3.63, 3.8) is 0 Å². The van der Waals surface area contributed by atoms with Crippen molar-refractivity contribution >= 4 is 23.3 Å². The molecule has 0 bridgehead atoms. The summed E-state index contributed by atoms with van der Waals surface area (Å²) in [4.78, 5) is 26.1. The molecule has 2 rings (SSSR count). The summed E-state index contributed by atoms with van der Waals surface area (Å²) in [6.07, 6.45) is 6.08. The van der Waals surface area contributed by atoms with Crippen molar-refractivity contribution in [3.05, 3.63) is 110 Å². The number of isocyanates is 1. The molecule has 8 heteroatoms. The molecule has 0 unspecified atom stereocenters. The van der Waals surface area contributed by atoms with Gasteiger partial charge in [-0.1, -0.05) is 81.3 Å². The number of allylic oxidation sites excluding steroid dienone is 2. The van der Waals surface area contributed by atoms with E-state index in [0.29, 0.717) is 26.3 Å². The molecule has 45 heavy (non-hydrogen) atoms. The second-order valence-corrected chi connectivity index (χ2v) is 11.1. The van der Waals surface area contributed by atoms with E-state index in [2.05, 4.69) is 48.0 Å². The van der Waals surface area contributed by atoms with Gasteiger partial charge < -0.3 is 25.8 Å². The molecule has 0 saturated carbocycles. The van der Waals surface area contributed by atoms with E-state index in [1.165, 1.54) is 12.5 Å². The standard InChI is InChI=1S/C18H26N2O2.C13H15NO.C5H11NO.CH4/c1-6-22-12-8-11-19-17(21)20-18(4,5)16-10-7-9-15(13-16)14(2)3;1-10(2)11-6-5-7-12(8-11)13(3,4)14-9-15;1-2-7-5-3-4-6;/h6-7,9-10,13H,1-2,8,11-12H2,3-5H3,(H2,19,20,21);5-8H,1H2,2-4H3;2H,1,3-6H2;1H4. The van der Waals surface area contributed by atoms with Gasteiger partial charge in [0.05, 0.1) is 36.8 Å². The second kappa shape index (κ2) is 23.1. The molecule has 0 saturated heterocycles. The van der Waals surface area contributed by atoms with Gasteiger partial charge in [0.25, 0.3) is 0 Å². The molecule has 0 spiro atoms. The zero-order chi connectivity index (χ0) is 33.6. The molecule has 0 aliphatic heterocycles. The number of carbonyl (C=O) groups is 1. The van der Waals surface area contributed by atoms with Gasteiger partial charge in [-0.15, -0.1) is 0 Å². The molecule has 0 aliphatic rings. The smallest absolute Gasteiger partial charge is 0.315 e. The van der Waals surface area contributed by atoms with Gasteiger partial charge in [0.2, 0.25) is 6.08 Å². The van der Waals surface area contributed by atoms with Crippen molar-refractivity contribution in [3.8, 4) is 0 Å². The van der Waals surface area contributed by atoms with Crippen LogP contribution in [0.3, 0.4) is 0 Å². The molecule has 2 aromatic rings. The van der Waals surface area contributed by atoms with Crippen molar-refractivity contribution in [1.29, 1.82) is 0 Å². The van der Waals surface area contributed by atoms with Crippen LogP contribution in [0, 0.1) is 0 Å². The fourth-order valence-corrected chi connectivity index (χ4v) is 3.61. The van der Waals surface area contributed by atoms with E-state index in [-0.39, 0.29) is 13.5 Å². The fraction of sp³-hybridized carbons (Fsp3) is 0.405. The minimum Gasteiger partial charge on any atom is -0.502 e. The van der Waals surface area contributed by atoms with Crippen LogP contribution in [0.25, 0.3) is 11.1 Å². The maximum absolute atomic E-state index is 12.0. The number of ether oxygens (including phenoxy) is 2. The number of benzene rings is 2. The van der Waals surface area contributed by atoms with Crippen molar-refractivity contribution < 1.29 is 19.1 Å². The first-order valence-corrected chi connectivity index (χ1v) is 14.6. The third kappa shape index (κ3) is 18.1. The van der Waals surface area contributed by atoms with Gasteiger partial charge in [0.1, 0.15) is 0 Å². The molecule has 0 aromatic heterocycles. The van der Waals surface area contributed by atoms with E-state index >= 15 is 0 Å². The Balaban J connectivity index is 0. The minimum absolute atomic E-state index is 0. The van der Waals surface area contributed by atoms with E-state index < -0.39 is 11.1 Å². The molecule has 0 radical (unpaired) electrons. The Morgan fingerprint density at radius 2 is 1.40 bits per heavy atom. The van der Waals surface area contributed by atoms with E-state index in [1.54, 1.807) is 6.08 Å². The number of urea groups is 1. The molecule has 0 heterocycles. The maximum Gasteiger partial charge on any atom is 0.315 e. The average molecular weight is 621 g/mol. The first-order chi connectivity index (χ1) is 20.7. The Morgan fingerprint density at radius 3 is 1.87 bits per heavy atom. The number of nitrogens with one attached hydrogen (secondary N) is 2. The van der Waals surface area contributed by atoms with Gasteiger partial charge in [-0.2, -0.15) is 4.99 Å². The summed E-state index contributed by atoms with van der Waals surface area (Å²) in [6, 6.07) is 15.8. The lowest BCUT2D eigenvalue weighted by Crippen LogP contribution is -2.46. The number of nitrogens with zero attached hydrogens (tertiary/aromatic N) is 1. The van der Waals surface area contributed by atoms with Crippen molar-refractivity contribution in [2.75, 3.05) is 26.3 Å². The average Bonchev–Trinajstić information content (AvgIpc) is 2.98. The Hall–Kier alpha value is -4.39. The summed E-state index contributed by atoms with van der Waals surface area (Å²) >= 11 is 0. The lowest BCUT2D eigenvalue weighted by Gasteiger charge is -2.27. The van der Waals surface area contributed by atoms with Crippen molar-refractivity contribution in [1.82, 2.24) is 10.6 Å². The van der Waals surface area contributed by atoms with Crippen LogP contribution < -0.4 is 16.4 Å². The highest BCUT2D eigenvalue weighted by Gasteiger charge is 2.23. The molecule has 0 atom stereocenters. The summed E-state index contributed by atoms with van der Waals surface area (Å²) in [5, 5.41) is 5.81. The number of rotatable bonds is 15. The SMILES string of the molecule is C.C=C(C)c1cccc(C(C)(C)N=C=O)c1.C=COCCCN.C=COCCCNC(=O)NC(C)(C)c1cccc(C(=C)C)c1. The van der Waals surface area contributed by atoms with Gasteiger partial charge in [0, 0.05) is 6.54 Å². The lowest BCUT2D eigenvalue weighted by molar-refractivity contribution is 0.224. The van der Waals surface area contributed by atoms with Gasteiger partial charge in [-0.05, 0) is 95.3 Å². The second-order valence-electron chi connectivity index (χ2n) is 11.1. The molecule has 2 aromatic carbocycles. The summed E-state index contributed by atoms with van der Waals surface area (Å²) in [5.74, 6) is 0. The van der Waals surface area contributed by atoms with Crippen molar-refractivity contribution in [2.45, 2.75) is 72.9 Å². The van der Waals surface area contributed by atoms with Crippen LogP contribution in [0.4, 0.5) is 4.79 Å². The van der Waals surface area contributed by atoms with Crippen LogP contribution in [-0.2, 0) is 25.3 Å². The third-order valence-electron chi connectivity index (χ3n) is 6.32. The quantitative estimate of drug-likeness (QED) is 0.0803. The van der Waals surface area contributed by atoms with Crippen LogP contribution in [0.15, 0.2) is 92.4 Å². The Morgan fingerprint density at radius 1 is 0.911 bits per heavy atom. The van der Waals surface area contributed by atoms with Gasteiger partial charge in [-0.25, -0.2) is 9.59 Å². The predicted octanol–water partition coefficient (Wildman–Crippen LogP) is 8.23. The highest BCUT2D eigenvalue weighted by molar-refractivity contribution is 5.75. The molecule has 8 nitrogen and oxygen atoms in total. The molecular formula is C37H56N4O4. The Labute approximate surface area is 272 Å². The number of nitrogens with two attached hydrogens (primary N) is 1. The first-order valence-electron chi connectivity index (χ1n) is 14.6. The Kier molecular flexibility index (Phi) is 21.9. The van der Waals surface area contributed by atoms with E-state index in [0.717, 1.165) is 46.2 Å². The van der Waals surface area contributed by atoms with Gasteiger partial charge in [0.15, 0.2) is 0 Å². The number of hydrogen-bond acceptors (Lipinski definition) is 6. The van der Waals surface area contributed by atoms with Crippen LogP contribution in [-0.4, -0.2) is 38.4 Å². The van der Waals surface area contributed by atoms with Gasteiger partial charge in [-0.3, -0.25) is 0 Å². The topological polar surface area (TPSA) is 115 Å². The van der Waals surface area contributed by atoms with Crippen molar-refractivity contribution in [2.24, 2.45) is 10.7 Å². The largest absolute Gasteiger partial charge is 0.502 e.